The minimum Gasteiger partial charge on any atom is -0.313 e. The minimum absolute atomic E-state index is 0.183. The fourth-order valence-electron chi connectivity index (χ4n) is 1.64. The van der Waals surface area contributed by atoms with Crippen molar-refractivity contribution in [2.75, 3.05) is 6.54 Å². The Balaban J connectivity index is 2.58. The van der Waals surface area contributed by atoms with E-state index in [1.807, 2.05) is 19.1 Å². The van der Waals surface area contributed by atoms with Crippen molar-refractivity contribution in [1.29, 1.82) is 0 Å². The van der Waals surface area contributed by atoms with Crippen LogP contribution in [0.25, 0.3) is 0 Å². The van der Waals surface area contributed by atoms with E-state index in [4.69, 9.17) is 0 Å². The van der Waals surface area contributed by atoms with Crippen molar-refractivity contribution in [2.24, 2.45) is 0 Å². The fourth-order valence-corrected chi connectivity index (χ4v) is 1.64. The van der Waals surface area contributed by atoms with E-state index in [2.05, 4.69) is 24.1 Å². The van der Waals surface area contributed by atoms with Gasteiger partial charge in [-0.15, -0.1) is 11.8 Å². The van der Waals surface area contributed by atoms with Crippen LogP contribution in [0.15, 0.2) is 24.3 Å². The summed E-state index contributed by atoms with van der Waals surface area (Å²) in [6, 6.07) is 7.02. The Morgan fingerprint density at radius 1 is 1.31 bits per heavy atom. The van der Waals surface area contributed by atoms with Gasteiger partial charge in [0, 0.05) is 12.5 Å². The Morgan fingerprint density at radius 3 is 2.56 bits per heavy atom. The molecule has 0 spiro atoms. The Labute approximate surface area is 97.1 Å². The van der Waals surface area contributed by atoms with Crippen molar-refractivity contribution in [2.45, 2.75) is 32.7 Å². The first kappa shape index (κ1) is 12.7. The maximum atomic E-state index is 12.7. The van der Waals surface area contributed by atoms with Gasteiger partial charge in [0.15, 0.2) is 0 Å². The lowest BCUT2D eigenvalue weighted by Crippen LogP contribution is -2.30. The summed E-state index contributed by atoms with van der Waals surface area (Å²) in [5, 5.41) is 3.38. The summed E-state index contributed by atoms with van der Waals surface area (Å²) in [5.41, 5.74) is 1.14. The molecule has 0 amide bonds. The second kappa shape index (κ2) is 7.03. The Kier molecular flexibility index (Phi) is 5.60. The van der Waals surface area contributed by atoms with Crippen LogP contribution in [0.2, 0.25) is 0 Å². The molecule has 1 rings (SSSR count). The van der Waals surface area contributed by atoms with Gasteiger partial charge in [0.2, 0.25) is 0 Å². The van der Waals surface area contributed by atoms with Crippen LogP contribution in [0.1, 0.15) is 25.8 Å². The van der Waals surface area contributed by atoms with Gasteiger partial charge in [-0.2, -0.15) is 0 Å². The highest BCUT2D eigenvalue weighted by Gasteiger charge is 2.06. The first-order valence-electron chi connectivity index (χ1n) is 5.63. The molecular formula is C14H18FN. The van der Waals surface area contributed by atoms with Crippen molar-refractivity contribution >= 4 is 0 Å². The van der Waals surface area contributed by atoms with Gasteiger partial charge in [-0.25, -0.2) is 4.39 Å². The topological polar surface area (TPSA) is 12.0 Å². The van der Waals surface area contributed by atoms with Gasteiger partial charge in [0.1, 0.15) is 5.82 Å². The lowest BCUT2D eigenvalue weighted by Gasteiger charge is -2.15. The summed E-state index contributed by atoms with van der Waals surface area (Å²) in [5.74, 6) is 5.80. The molecule has 2 heteroatoms. The molecule has 1 unspecified atom stereocenters. The van der Waals surface area contributed by atoms with Gasteiger partial charge < -0.3 is 5.32 Å². The highest BCUT2D eigenvalue weighted by Crippen LogP contribution is 2.07. The smallest absolute Gasteiger partial charge is 0.123 e. The van der Waals surface area contributed by atoms with Crippen LogP contribution in [-0.4, -0.2) is 12.6 Å². The van der Waals surface area contributed by atoms with Crippen molar-refractivity contribution in [3.8, 4) is 11.8 Å². The number of hydrogen-bond acceptors (Lipinski definition) is 1. The van der Waals surface area contributed by atoms with Gasteiger partial charge in [-0.3, -0.25) is 0 Å². The quantitative estimate of drug-likeness (QED) is 0.751. The molecule has 1 nitrogen and oxygen atoms in total. The second-order valence-corrected chi connectivity index (χ2v) is 3.72. The number of likely N-dealkylation sites (N-methyl/N-ethyl adjacent to an activating group) is 1. The van der Waals surface area contributed by atoms with Crippen LogP contribution in [0.5, 0.6) is 0 Å². The van der Waals surface area contributed by atoms with Crippen LogP contribution >= 0.6 is 0 Å². The third-order valence-electron chi connectivity index (χ3n) is 2.41. The van der Waals surface area contributed by atoms with Crippen molar-refractivity contribution < 1.29 is 4.39 Å². The molecule has 0 fully saturated rings. The van der Waals surface area contributed by atoms with Crippen molar-refractivity contribution in [1.82, 2.24) is 5.32 Å². The average molecular weight is 219 g/mol. The molecule has 86 valence electrons. The minimum atomic E-state index is -0.183. The average Bonchev–Trinajstić information content (AvgIpc) is 2.29. The predicted molar refractivity (Wildman–Crippen MR) is 65.6 cm³/mol. The summed E-state index contributed by atoms with van der Waals surface area (Å²) < 4.78 is 12.7. The zero-order valence-electron chi connectivity index (χ0n) is 9.89. The summed E-state index contributed by atoms with van der Waals surface area (Å²) >= 11 is 0. The molecule has 1 aromatic rings. The molecule has 1 N–H and O–H groups in total. The van der Waals surface area contributed by atoms with Gasteiger partial charge in [0.25, 0.3) is 0 Å². The van der Waals surface area contributed by atoms with Crippen molar-refractivity contribution in [3.05, 3.63) is 35.6 Å². The lowest BCUT2D eigenvalue weighted by molar-refractivity contribution is 0.534. The Morgan fingerprint density at radius 2 is 2.00 bits per heavy atom. The number of nitrogens with one attached hydrogen (secondary N) is 1. The number of benzene rings is 1. The molecule has 0 aromatic heterocycles. The predicted octanol–water partition coefficient (Wildman–Crippen LogP) is 2.76. The van der Waals surface area contributed by atoms with E-state index in [1.54, 1.807) is 0 Å². The second-order valence-electron chi connectivity index (χ2n) is 3.72. The van der Waals surface area contributed by atoms with E-state index in [1.165, 1.54) is 12.1 Å². The number of rotatable bonds is 5. The molecule has 1 aromatic carbocycles. The fraction of sp³-hybridized carbons (Fsp3) is 0.429. The Bertz CT molecular complexity index is 359. The molecule has 16 heavy (non-hydrogen) atoms. The molecule has 0 saturated carbocycles. The molecular weight excluding hydrogens is 201 g/mol. The van der Waals surface area contributed by atoms with Crippen LogP contribution in [0.4, 0.5) is 4.39 Å². The third-order valence-corrected chi connectivity index (χ3v) is 2.41. The van der Waals surface area contributed by atoms with E-state index in [9.17, 15) is 4.39 Å². The number of halogens is 1. The van der Waals surface area contributed by atoms with E-state index < -0.39 is 0 Å². The summed E-state index contributed by atoms with van der Waals surface area (Å²) in [6.07, 6.45) is 1.73. The highest BCUT2D eigenvalue weighted by molar-refractivity contribution is 5.17. The molecule has 0 bridgehead atoms. The monoisotopic (exact) mass is 219 g/mol. The zero-order valence-corrected chi connectivity index (χ0v) is 9.89. The van der Waals surface area contributed by atoms with Gasteiger partial charge in [0.05, 0.1) is 0 Å². The van der Waals surface area contributed by atoms with Crippen LogP contribution in [0.3, 0.4) is 0 Å². The number of hydrogen-bond donors (Lipinski definition) is 1. The largest absolute Gasteiger partial charge is 0.313 e. The van der Waals surface area contributed by atoms with E-state index in [0.29, 0.717) is 6.04 Å². The molecule has 0 radical (unpaired) electrons. The Hall–Kier alpha value is -1.33. The van der Waals surface area contributed by atoms with Gasteiger partial charge in [-0.05, 0) is 37.6 Å². The highest BCUT2D eigenvalue weighted by atomic mass is 19.1. The molecule has 0 aliphatic carbocycles. The normalized spacial score (nSPS) is 11.7. The van der Waals surface area contributed by atoms with Crippen LogP contribution in [-0.2, 0) is 6.42 Å². The van der Waals surface area contributed by atoms with E-state index in [0.717, 1.165) is 24.9 Å². The van der Waals surface area contributed by atoms with Crippen molar-refractivity contribution in [3.63, 3.8) is 0 Å². The first-order chi connectivity index (χ1) is 7.76. The SMILES string of the molecule is CC#CCC(Cc1ccc(F)cc1)NCC. The maximum Gasteiger partial charge on any atom is 0.123 e. The zero-order chi connectivity index (χ0) is 11.8. The van der Waals surface area contributed by atoms with Crippen LogP contribution < -0.4 is 5.32 Å². The molecule has 0 aliphatic heterocycles. The van der Waals surface area contributed by atoms with Gasteiger partial charge in [-0.1, -0.05) is 19.1 Å². The summed E-state index contributed by atoms with van der Waals surface area (Å²) in [6.45, 7) is 4.86. The van der Waals surface area contributed by atoms with Gasteiger partial charge >= 0.3 is 0 Å². The molecule has 0 heterocycles. The standard InChI is InChI=1S/C14H18FN/c1-3-5-6-14(16-4-2)11-12-7-9-13(15)10-8-12/h7-10,14,16H,4,6,11H2,1-2H3. The summed E-state index contributed by atoms with van der Waals surface area (Å²) in [4.78, 5) is 0. The molecule has 0 saturated heterocycles. The van der Waals surface area contributed by atoms with E-state index in [-0.39, 0.29) is 5.82 Å². The maximum absolute atomic E-state index is 12.7. The van der Waals surface area contributed by atoms with Crippen LogP contribution in [0, 0.1) is 17.7 Å². The molecule has 0 aliphatic rings. The van der Waals surface area contributed by atoms with E-state index >= 15 is 0 Å². The third kappa shape index (κ3) is 4.46. The lowest BCUT2D eigenvalue weighted by atomic mass is 10.0. The first-order valence-corrected chi connectivity index (χ1v) is 5.63. The summed E-state index contributed by atoms with van der Waals surface area (Å²) in [7, 11) is 0. The molecule has 1 atom stereocenters.